The number of carbonyl (C=O) groups excluding carboxylic acids is 1. The number of thioether (sulfide) groups is 1. The van der Waals surface area contributed by atoms with Crippen LogP contribution in [0.25, 0.3) is 0 Å². The van der Waals surface area contributed by atoms with Crippen molar-refractivity contribution in [3.05, 3.63) is 41.5 Å². The molecule has 8 heteroatoms. The van der Waals surface area contributed by atoms with Crippen molar-refractivity contribution < 1.29 is 23.7 Å². The van der Waals surface area contributed by atoms with Crippen LogP contribution in [0.1, 0.15) is 22.3 Å². The molecule has 3 N–H and O–H groups in total. The number of nitrogens with two attached hydrogens (primary N) is 1. The van der Waals surface area contributed by atoms with Crippen molar-refractivity contribution in [3.63, 3.8) is 0 Å². The molecule has 1 amide bonds. The van der Waals surface area contributed by atoms with E-state index in [-0.39, 0.29) is 11.9 Å². The Balaban J connectivity index is 1.97. The smallest absolute Gasteiger partial charge is 0.255 e. The van der Waals surface area contributed by atoms with Crippen LogP contribution in [0.2, 0.25) is 0 Å². The topological polar surface area (TPSA) is 92.0 Å². The summed E-state index contributed by atoms with van der Waals surface area (Å²) in [5, 5.41) is 3.07. The summed E-state index contributed by atoms with van der Waals surface area (Å²) in [5.74, 6) is 3.67. The number of carbonyl (C=O) groups is 1. The molecule has 1 aliphatic rings. The lowest BCUT2D eigenvalue weighted by molar-refractivity contribution is 0.0937. The summed E-state index contributed by atoms with van der Waals surface area (Å²) < 4.78 is 22.6. The van der Waals surface area contributed by atoms with E-state index in [9.17, 15) is 4.79 Å². The van der Waals surface area contributed by atoms with E-state index in [1.54, 1.807) is 6.07 Å². The number of hydrogen-bond donors (Lipinski definition) is 2. The summed E-state index contributed by atoms with van der Waals surface area (Å²) >= 11 is 1.83. The van der Waals surface area contributed by atoms with Gasteiger partial charge in [-0.1, -0.05) is 12.1 Å². The first-order valence-electron chi connectivity index (χ1n) is 9.79. The summed E-state index contributed by atoms with van der Waals surface area (Å²) in [6.07, 6.45) is 1.74. The first-order valence-corrected chi connectivity index (χ1v) is 10.9. The van der Waals surface area contributed by atoms with E-state index < -0.39 is 0 Å². The van der Waals surface area contributed by atoms with E-state index in [4.69, 9.17) is 24.7 Å². The van der Waals surface area contributed by atoms with Gasteiger partial charge in [0.1, 0.15) is 5.75 Å². The van der Waals surface area contributed by atoms with Crippen molar-refractivity contribution in [2.45, 2.75) is 18.9 Å². The van der Waals surface area contributed by atoms with Gasteiger partial charge in [0.15, 0.2) is 11.5 Å². The summed E-state index contributed by atoms with van der Waals surface area (Å²) in [4.78, 5) is 13.0. The molecule has 1 aliphatic heterocycles. The number of benzene rings is 2. The molecule has 1 heterocycles. The quantitative estimate of drug-likeness (QED) is 0.628. The van der Waals surface area contributed by atoms with Crippen LogP contribution in [0, 0.1) is 0 Å². The predicted molar refractivity (Wildman–Crippen MR) is 119 cm³/mol. The molecule has 1 saturated heterocycles. The van der Waals surface area contributed by atoms with Crippen LogP contribution in [0.4, 0.5) is 0 Å². The van der Waals surface area contributed by atoms with E-state index in [2.05, 4.69) is 5.32 Å². The highest BCUT2D eigenvalue weighted by Gasteiger charge is 2.27. The van der Waals surface area contributed by atoms with Gasteiger partial charge >= 0.3 is 0 Å². The van der Waals surface area contributed by atoms with Crippen molar-refractivity contribution in [2.75, 3.05) is 39.4 Å². The van der Waals surface area contributed by atoms with Crippen LogP contribution in [-0.4, -0.2) is 51.3 Å². The molecule has 0 bridgehead atoms. The fourth-order valence-corrected chi connectivity index (χ4v) is 4.51. The van der Waals surface area contributed by atoms with Crippen LogP contribution >= 0.6 is 11.8 Å². The minimum absolute atomic E-state index is 0.139. The number of hydrogen-bond acceptors (Lipinski definition) is 7. The van der Waals surface area contributed by atoms with E-state index in [1.165, 1.54) is 21.3 Å². The van der Waals surface area contributed by atoms with Gasteiger partial charge in [-0.05, 0) is 42.8 Å². The van der Waals surface area contributed by atoms with E-state index in [0.717, 1.165) is 29.9 Å². The number of nitrogens with one attached hydrogen (secondary N) is 1. The Hall–Kier alpha value is -2.58. The van der Waals surface area contributed by atoms with Crippen LogP contribution in [-0.2, 0) is 6.42 Å². The third-order valence-electron chi connectivity index (χ3n) is 4.86. The molecule has 2 aromatic carbocycles. The minimum atomic E-state index is -0.233. The SMILES string of the molecule is COc1c(Oc2ccc(CCN)cc2)cc(C(=O)NC2CCSC2)c(OC)c1OC. The Morgan fingerprint density at radius 3 is 2.37 bits per heavy atom. The first-order chi connectivity index (χ1) is 14.6. The molecular weight excluding hydrogens is 404 g/mol. The maximum atomic E-state index is 13.0. The number of amides is 1. The zero-order chi connectivity index (χ0) is 21.5. The summed E-state index contributed by atoms with van der Waals surface area (Å²) in [6, 6.07) is 9.40. The van der Waals surface area contributed by atoms with Gasteiger partial charge in [-0.2, -0.15) is 11.8 Å². The molecule has 2 aromatic rings. The maximum Gasteiger partial charge on any atom is 0.255 e. The van der Waals surface area contributed by atoms with Crippen LogP contribution in [0.3, 0.4) is 0 Å². The normalized spacial score (nSPS) is 15.5. The fourth-order valence-electron chi connectivity index (χ4n) is 3.35. The van der Waals surface area contributed by atoms with Crippen LogP contribution in [0.15, 0.2) is 30.3 Å². The van der Waals surface area contributed by atoms with Crippen molar-refractivity contribution in [2.24, 2.45) is 5.73 Å². The Bertz CT molecular complexity index is 867. The average Bonchev–Trinajstić information content (AvgIpc) is 3.27. The molecule has 0 radical (unpaired) electrons. The van der Waals surface area contributed by atoms with Crippen molar-refractivity contribution in [1.29, 1.82) is 0 Å². The lowest BCUT2D eigenvalue weighted by atomic mass is 10.1. The molecular formula is C22H28N2O5S. The second-order valence-corrected chi connectivity index (χ2v) is 7.99. The lowest BCUT2D eigenvalue weighted by Gasteiger charge is -2.20. The summed E-state index contributed by atoms with van der Waals surface area (Å²) in [6.45, 7) is 0.585. The minimum Gasteiger partial charge on any atom is -0.492 e. The Kier molecular flexibility index (Phi) is 7.70. The van der Waals surface area contributed by atoms with E-state index in [0.29, 0.717) is 40.9 Å². The molecule has 1 fully saturated rings. The fraction of sp³-hybridized carbons (Fsp3) is 0.409. The molecule has 0 aromatic heterocycles. The molecule has 3 rings (SSSR count). The summed E-state index contributed by atoms with van der Waals surface area (Å²) in [5.41, 5.74) is 7.07. The zero-order valence-corrected chi connectivity index (χ0v) is 18.3. The Morgan fingerprint density at radius 2 is 1.80 bits per heavy atom. The highest BCUT2D eigenvalue weighted by molar-refractivity contribution is 7.99. The van der Waals surface area contributed by atoms with E-state index in [1.807, 2.05) is 36.0 Å². The second kappa shape index (κ2) is 10.4. The van der Waals surface area contributed by atoms with E-state index >= 15 is 0 Å². The van der Waals surface area contributed by atoms with Gasteiger partial charge in [-0.3, -0.25) is 4.79 Å². The number of rotatable bonds is 9. The van der Waals surface area contributed by atoms with Gasteiger partial charge < -0.3 is 30.0 Å². The zero-order valence-electron chi connectivity index (χ0n) is 17.5. The van der Waals surface area contributed by atoms with Crippen LogP contribution in [0.5, 0.6) is 28.7 Å². The van der Waals surface area contributed by atoms with Gasteiger partial charge in [0.2, 0.25) is 11.5 Å². The first kappa shape index (κ1) is 22.1. The third-order valence-corrected chi connectivity index (χ3v) is 6.02. The highest BCUT2D eigenvalue weighted by atomic mass is 32.2. The number of methoxy groups -OCH3 is 3. The third kappa shape index (κ3) is 4.94. The van der Waals surface area contributed by atoms with Gasteiger partial charge in [-0.15, -0.1) is 0 Å². The molecule has 7 nitrogen and oxygen atoms in total. The lowest BCUT2D eigenvalue weighted by Crippen LogP contribution is -2.34. The second-order valence-electron chi connectivity index (χ2n) is 6.84. The average molecular weight is 433 g/mol. The molecule has 162 valence electrons. The molecule has 0 aliphatic carbocycles. The van der Waals surface area contributed by atoms with Gasteiger partial charge in [0, 0.05) is 17.9 Å². The van der Waals surface area contributed by atoms with Crippen molar-refractivity contribution in [3.8, 4) is 28.7 Å². The molecule has 0 spiro atoms. The summed E-state index contributed by atoms with van der Waals surface area (Å²) in [7, 11) is 4.52. The van der Waals surface area contributed by atoms with Crippen molar-refractivity contribution in [1.82, 2.24) is 5.32 Å². The predicted octanol–water partition coefficient (Wildman–Crippen LogP) is 3.24. The van der Waals surface area contributed by atoms with Gasteiger partial charge in [0.05, 0.1) is 26.9 Å². The largest absolute Gasteiger partial charge is 0.492 e. The number of ether oxygens (including phenoxy) is 4. The Labute approximate surface area is 181 Å². The Morgan fingerprint density at radius 1 is 1.10 bits per heavy atom. The molecule has 1 unspecified atom stereocenters. The molecule has 1 atom stereocenters. The van der Waals surface area contributed by atoms with Crippen LogP contribution < -0.4 is 30.0 Å². The highest BCUT2D eigenvalue weighted by Crippen LogP contribution is 2.48. The molecule has 0 saturated carbocycles. The standard InChI is InChI=1S/C22H28N2O5S/c1-26-19-17(22(25)24-15-9-11-30-13-15)12-18(20(27-2)21(19)28-3)29-16-6-4-14(5-7-16)8-10-23/h4-7,12,15H,8-11,13,23H2,1-3H3,(H,24,25). The monoisotopic (exact) mass is 432 g/mol. The maximum absolute atomic E-state index is 13.0. The van der Waals surface area contributed by atoms with Gasteiger partial charge in [0.25, 0.3) is 5.91 Å². The molecule has 30 heavy (non-hydrogen) atoms. The van der Waals surface area contributed by atoms with Gasteiger partial charge in [-0.25, -0.2) is 0 Å². The van der Waals surface area contributed by atoms with Crippen molar-refractivity contribution >= 4 is 17.7 Å².